The number of nitrogens with one attached hydrogen (secondary N) is 1. The zero-order chi connectivity index (χ0) is 30.3. The van der Waals surface area contributed by atoms with Crippen molar-refractivity contribution in [2.45, 2.75) is 30.2 Å². The molecule has 2 heterocycles. The third-order valence-corrected chi connectivity index (χ3v) is 9.43. The molecule has 1 aromatic heterocycles. The second kappa shape index (κ2) is 11.1. The number of imidazole rings is 1. The number of carbonyl (C=O) groups is 1. The predicted molar refractivity (Wildman–Crippen MR) is 163 cm³/mol. The molecule has 10 heteroatoms. The standard InChI is InChI=1S/C33H31N3O6S/c1-20-15-26(43(38,39)32-18-25(40-3)7-12-31(32)41-4)8-9-27(20)33(37)36-13-14-42-30-11-6-22(16-24(30)19-36)23-5-10-28-29(17-23)35-21(2)34-28/h5-12,15-18H,13-14,19H2,1-4H3,(H,34,35). The molecule has 43 heavy (non-hydrogen) atoms. The van der Waals surface area contributed by atoms with Crippen LogP contribution in [0.1, 0.15) is 27.3 Å². The molecule has 1 amide bonds. The lowest BCUT2D eigenvalue weighted by molar-refractivity contribution is 0.0732. The largest absolute Gasteiger partial charge is 0.497 e. The summed E-state index contributed by atoms with van der Waals surface area (Å²) in [4.78, 5) is 23.3. The molecule has 9 nitrogen and oxygen atoms in total. The molecule has 4 aromatic carbocycles. The van der Waals surface area contributed by atoms with Crippen LogP contribution in [0.3, 0.4) is 0 Å². The van der Waals surface area contributed by atoms with Crippen molar-refractivity contribution < 1.29 is 27.4 Å². The molecule has 1 N–H and O–H groups in total. The number of carbonyl (C=O) groups excluding carboxylic acids is 1. The maximum atomic E-state index is 13.8. The smallest absolute Gasteiger partial charge is 0.254 e. The van der Waals surface area contributed by atoms with E-state index in [1.54, 1.807) is 30.0 Å². The lowest BCUT2D eigenvalue weighted by Crippen LogP contribution is -2.33. The molecule has 0 bridgehead atoms. The van der Waals surface area contributed by atoms with Gasteiger partial charge in [-0.25, -0.2) is 13.4 Å². The molecule has 0 unspecified atom stereocenters. The summed E-state index contributed by atoms with van der Waals surface area (Å²) in [7, 11) is -1.07. The zero-order valence-corrected chi connectivity index (χ0v) is 25.1. The van der Waals surface area contributed by atoms with Crippen LogP contribution >= 0.6 is 0 Å². The highest BCUT2D eigenvalue weighted by Gasteiger charge is 2.27. The van der Waals surface area contributed by atoms with Gasteiger partial charge in [-0.05, 0) is 85.1 Å². The minimum Gasteiger partial charge on any atom is -0.497 e. The summed E-state index contributed by atoms with van der Waals surface area (Å²) >= 11 is 0. The average Bonchev–Trinajstić information content (AvgIpc) is 3.25. The Labute approximate surface area is 250 Å². The first-order valence-corrected chi connectivity index (χ1v) is 15.3. The topological polar surface area (TPSA) is 111 Å². The number of aryl methyl sites for hydroxylation is 2. The van der Waals surface area contributed by atoms with E-state index in [0.29, 0.717) is 36.6 Å². The van der Waals surface area contributed by atoms with Gasteiger partial charge in [0.05, 0.1) is 36.7 Å². The molecule has 0 fully saturated rings. The van der Waals surface area contributed by atoms with Crippen molar-refractivity contribution in [3.05, 3.63) is 95.3 Å². The van der Waals surface area contributed by atoms with Gasteiger partial charge in [0, 0.05) is 23.7 Å². The quantitative estimate of drug-likeness (QED) is 0.266. The molecule has 0 radical (unpaired) electrons. The molecule has 220 valence electrons. The molecular formula is C33H31N3O6S. The molecule has 6 rings (SSSR count). The van der Waals surface area contributed by atoms with Crippen molar-refractivity contribution in [2.75, 3.05) is 27.4 Å². The van der Waals surface area contributed by atoms with Gasteiger partial charge in [-0.3, -0.25) is 4.79 Å². The van der Waals surface area contributed by atoms with Crippen LogP contribution in [0.15, 0.2) is 82.6 Å². The molecule has 5 aromatic rings. The van der Waals surface area contributed by atoms with Gasteiger partial charge >= 0.3 is 0 Å². The van der Waals surface area contributed by atoms with Crippen LogP contribution in [-0.4, -0.2) is 56.6 Å². The number of hydrogen-bond donors (Lipinski definition) is 1. The Kier molecular flexibility index (Phi) is 7.31. The zero-order valence-electron chi connectivity index (χ0n) is 24.3. The van der Waals surface area contributed by atoms with E-state index in [2.05, 4.69) is 22.1 Å². The van der Waals surface area contributed by atoms with Crippen molar-refractivity contribution in [3.8, 4) is 28.4 Å². The summed E-state index contributed by atoms with van der Waals surface area (Å²) in [5, 5.41) is 0. The Morgan fingerprint density at radius 3 is 2.49 bits per heavy atom. The number of sulfone groups is 1. The summed E-state index contributed by atoms with van der Waals surface area (Å²) in [6.45, 7) is 4.76. The summed E-state index contributed by atoms with van der Waals surface area (Å²) in [5.74, 6) is 2.00. The highest BCUT2D eigenvalue weighted by atomic mass is 32.2. The third-order valence-electron chi connectivity index (χ3n) is 7.66. The van der Waals surface area contributed by atoms with Gasteiger partial charge in [-0.2, -0.15) is 0 Å². The number of amides is 1. The predicted octanol–water partition coefficient (Wildman–Crippen LogP) is 5.73. The van der Waals surface area contributed by atoms with Gasteiger partial charge in [-0.15, -0.1) is 0 Å². The second-order valence-corrected chi connectivity index (χ2v) is 12.4. The lowest BCUT2D eigenvalue weighted by Gasteiger charge is -2.21. The molecule has 0 saturated heterocycles. The molecular weight excluding hydrogens is 566 g/mol. The van der Waals surface area contributed by atoms with Crippen LogP contribution in [0.25, 0.3) is 22.2 Å². The van der Waals surface area contributed by atoms with Crippen LogP contribution in [-0.2, 0) is 16.4 Å². The number of hydrogen-bond acceptors (Lipinski definition) is 7. The highest BCUT2D eigenvalue weighted by molar-refractivity contribution is 7.91. The van der Waals surface area contributed by atoms with Gasteiger partial charge in [0.15, 0.2) is 0 Å². The number of benzene rings is 4. The number of aromatic amines is 1. The Hall–Kier alpha value is -4.83. The van der Waals surface area contributed by atoms with Crippen molar-refractivity contribution in [3.63, 3.8) is 0 Å². The average molecular weight is 598 g/mol. The van der Waals surface area contributed by atoms with Gasteiger partial charge in [0.1, 0.15) is 34.6 Å². The van der Waals surface area contributed by atoms with E-state index in [4.69, 9.17) is 14.2 Å². The van der Waals surface area contributed by atoms with E-state index < -0.39 is 9.84 Å². The Balaban J connectivity index is 1.28. The Bertz CT molecular complexity index is 1980. The normalized spacial score (nSPS) is 13.3. The number of H-pyrrole nitrogens is 1. The van der Waals surface area contributed by atoms with Crippen LogP contribution in [0.5, 0.6) is 17.2 Å². The van der Waals surface area contributed by atoms with Crippen LogP contribution in [0, 0.1) is 13.8 Å². The van der Waals surface area contributed by atoms with Crippen molar-refractivity contribution in [1.82, 2.24) is 14.9 Å². The number of nitrogens with zero attached hydrogens (tertiary/aromatic N) is 2. The molecule has 0 spiro atoms. The fraction of sp³-hybridized carbons (Fsp3) is 0.212. The number of ether oxygens (including phenoxy) is 3. The molecule has 0 atom stereocenters. The number of fused-ring (bicyclic) bond motifs is 2. The van der Waals surface area contributed by atoms with Crippen molar-refractivity contribution in [2.24, 2.45) is 0 Å². The van der Waals surface area contributed by atoms with Crippen molar-refractivity contribution in [1.29, 1.82) is 0 Å². The van der Waals surface area contributed by atoms with E-state index in [9.17, 15) is 13.2 Å². The summed E-state index contributed by atoms with van der Waals surface area (Å²) in [6.07, 6.45) is 0. The minimum atomic E-state index is -3.95. The van der Waals surface area contributed by atoms with Gasteiger partial charge in [0.25, 0.3) is 5.91 Å². The summed E-state index contributed by atoms with van der Waals surface area (Å²) in [6, 6.07) is 21.3. The monoisotopic (exact) mass is 597 g/mol. The van der Waals surface area contributed by atoms with Gasteiger partial charge in [-0.1, -0.05) is 12.1 Å². The lowest BCUT2D eigenvalue weighted by atomic mass is 10.0. The highest BCUT2D eigenvalue weighted by Crippen LogP contribution is 2.34. The number of methoxy groups -OCH3 is 2. The molecule has 1 aliphatic rings. The van der Waals surface area contributed by atoms with E-state index in [0.717, 1.165) is 39.3 Å². The van der Waals surface area contributed by atoms with Crippen LogP contribution < -0.4 is 14.2 Å². The Morgan fingerprint density at radius 2 is 1.72 bits per heavy atom. The van der Waals surface area contributed by atoms with E-state index in [-0.39, 0.29) is 21.4 Å². The van der Waals surface area contributed by atoms with Gasteiger partial charge in [0.2, 0.25) is 9.84 Å². The van der Waals surface area contributed by atoms with Gasteiger partial charge < -0.3 is 24.1 Å². The SMILES string of the molecule is COc1ccc(OC)c(S(=O)(=O)c2ccc(C(=O)N3CCOc4ccc(-c5ccc6nc(C)[nH]c6c5)cc4C3)c(C)c2)c1. The first-order chi connectivity index (χ1) is 20.7. The number of aromatic nitrogens is 2. The van der Waals surface area contributed by atoms with Crippen LogP contribution in [0.4, 0.5) is 0 Å². The maximum absolute atomic E-state index is 13.8. The minimum absolute atomic E-state index is 0.00767. The van der Waals surface area contributed by atoms with E-state index in [1.807, 2.05) is 31.2 Å². The molecule has 1 aliphatic heterocycles. The molecule has 0 aliphatic carbocycles. The Morgan fingerprint density at radius 1 is 0.930 bits per heavy atom. The van der Waals surface area contributed by atoms with E-state index in [1.165, 1.54) is 32.4 Å². The van der Waals surface area contributed by atoms with Crippen molar-refractivity contribution >= 4 is 26.8 Å². The second-order valence-electron chi connectivity index (χ2n) is 10.4. The summed E-state index contributed by atoms with van der Waals surface area (Å²) in [5.41, 5.74) is 5.78. The first kappa shape index (κ1) is 28.3. The maximum Gasteiger partial charge on any atom is 0.254 e. The first-order valence-electron chi connectivity index (χ1n) is 13.8. The molecule has 0 saturated carbocycles. The van der Waals surface area contributed by atoms with E-state index >= 15 is 0 Å². The summed E-state index contributed by atoms with van der Waals surface area (Å²) < 4.78 is 43.7. The number of rotatable bonds is 6. The fourth-order valence-corrected chi connectivity index (χ4v) is 6.92. The fourth-order valence-electron chi connectivity index (χ4n) is 5.40. The van der Waals surface area contributed by atoms with Crippen LogP contribution in [0.2, 0.25) is 0 Å². The third kappa shape index (κ3) is 5.30.